The fraction of sp³-hybridized carbons (Fsp3) is 0.143. The van der Waals surface area contributed by atoms with E-state index in [1.54, 1.807) is 18.2 Å². The van der Waals surface area contributed by atoms with Crippen molar-refractivity contribution >= 4 is 23.9 Å². The molecule has 0 aliphatic rings. The molecular formula is C21H20O7. The molecule has 28 heavy (non-hydrogen) atoms. The molecule has 0 unspecified atom stereocenters. The minimum Gasteiger partial charge on any atom is -0.508 e. The third-order valence-electron chi connectivity index (χ3n) is 3.71. The summed E-state index contributed by atoms with van der Waals surface area (Å²) in [5.74, 6) is -0.880. The number of ether oxygens (including phenoxy) is 2. The van der Waals surface area contributed by atoms with Crippen LogP contribution < -0.4 is 4.74 Å². The summed E-state index contributed by atoms with van der Waals surface area (Å²) >= 11 is 0. The molecule has 0 saturated carbocycles. The number of esters is 1. The Balaban J connectivity index is 1.87. The van der Waals surface area contributed by atoms with E-state index in [4.69, 9.17) is 14.6 Å². The summed E-state index contributed by atoms with van der Waals surface area (Å²) in [5.41, 5.74) is 1.56. The molecule has 7 nitrogen and oxygen atoms in total. The molecule has 0 heterocycles. The molecule has 0 amide bonds. The first-order chi connectivity index (χ1) is 13.4. The second-order valence-corrected chi connectivity index (χ2v) is 5.72. The highest BCUT2D eigenvalue weighted by Crippen LogP contribution is 2.26. The predicted molar refractivity (Wildman–Crippen MR) is 103 cm³/mol. The van der Waals surface area contributed by atoms with E-state index in [1.165, 1.54) is 43.5 Å². The van der Waals surface area contributed by atoms with Crippen molar-refractivity contribution in [3.8, 4) is 17.2 Å². The highest BCUT2D eigenvalue weighted by atomic mass is 16.5. The molecule has 0 aliphatic heterocycles. The SMILES string of the molecule is COc1cc(/C=C/C(=O)COC(=O)/C=C/c2ccc(O)c(CO)c2)ccc1O. The number of benzene rings is 2. The number of carbonyl (C=O) groups is 2. The number of phenols is 2. The lowest BCUT2D eigenvalue weighted by Crippen LogP contribution is -2.09. The van der Waals surface area contributed by atoms with Gasteiger partial charge in [-0.15, -0.1) is 0 Å². The van der Waals surface area contributed by atoms with Crippen molar-refractivity contribution in [2.45, 2.75) is 6.61 Å². The zero-order valence-electron chi connectivity index (χ0n) is 15.2. The molecule has 3 N–H and O–H groups in total. The topological polar surface area (TPSA) is 113 Å². The van der Waals surface area contributed by atoms with Gasteiger partial charge < -0.3 is 24.8 Å². The summed E-state index contributed by atoms with van der Waals surface area (Å²) in [6.45, 7) is -0.752. The van der Waals surface area contributed by atoms with Crippen LogP contribution in [0.2, 0.25) is 0 Å². The smallest absolute Gasteiger partial charge is 0.331 e. The van der Waals surface area contributed by atoms with E-state index in [-0.39, 0.29) is 23.9 Å². The van der Waals surface area contributed by atoms with Gasteiger partial charge in [-0.2, -0.15) is 0 Å². The number of aromatic hydroxyl groups is 2. The van der Waals surface area contributed by atoms with Crippen molar-refractivity contribution in [3.05, 3.63) is 65.2 Å². The summed E-state index contributed by atoms with van der Waals surface area (Å²) < 4.78 is 9.85. The van der Waals surface area contributed by atoms with Gasteiger partial charge in [0, 0.05) is 11.6 Å². The van der Waals surface area contributed by atoms with Crippen LogP contribution in [0, 0.1) is 0 Å². The van der Waals surface area contributed by atoms with Crippen LogP contribution in [0.1, 0.15) is 16.7 Å². The zero-order chi connectivity index (χ0) is 20.5. The van der Waals surface area contributed by atoms with E-state index in [1.807, 2.05) is 0 Å². The van der Waals surface area contributed by atoms with Crippen LogP contribution in [0.15, 0.2) is 48.6 Å². The van der Waals surface area contributed by atoms with Crippen molar-refractivity contribution in [1.82, 2.24) is 0 Å². The normalized spacial score (nSPS) is 11.1. The van der Waals surface area contributed by atoms with Gasteiger partial charge in [-0.25, -0.2) is 4.79 Å². The maximum Gasteiger partial charge on any atom is 0.331 e. The van der Waals surface area contributed by atoms with E-state index >= 15 is 0 Å². The third-order valence-corrected chi connectivity index (χ3v) is 3.71. The van der Waals surface area contributed by atoms with Crippen molar-refractivity contribution < 1.29 is 34.4 Å². The lowest BCUT2D eigenvalue weighted by molar-refractivity contribution is -0.141. The Bertz CT molecular complexity index is 837. The summed E-state index contributed by atoms with van der Waals surface area (Å²) in [5, 5.41) is 28.1. The number of hydrogen-bond donors (Lipinski definition) is 3. The molecule has 0 aromatic heterocycles. The number of aliphatic hydroxyl groups is 1. The van der Waals surface area contributed by atoms with Gasteiger partial charge in [0.05, 0.1) is 13.7 Å². The highest BCUT2D eigenvalue weighted by molar-refractivity contribution is 5.96. The molecule has 0 spiro atoms. The Kier molecular flexibility index (Phi) is 7.36. The standard InChI is InChI=1S/C21H20O7/c1-27-20-11-15(4-8-19(20)25)2-6-17(23)13-28-21(26)9-5-14-3-7-18(24)16(10-14)12-22/h2-11,22,24-25H,12-13H2,1H3/b6-2+,9-5+. The zero-order valence-corrected chi connectivity index (χ0v) is 15.2. The van der Waals surface area contributed by atoms with Crippen LogP contribution in [-0.4, -0.2) is 40.8 Å². The molecule has 0 bridgehead atoms. The van der Waals surface area contributed by atoms with Gasteiger partial charge in [0.2, 0.25) is 0 Å². The average Bonchev–Trinajstić information content (AvgIpc) is 2.70. The van der Waals surface area contributed by atoms with Crippen LogP contribution in [0.3, 0.4) is 0 Å². The first-order valence-electron chi connectivity index (χ1n) is 8.28. The summed E-state index contributed by atoms with van der Waals surface area (Å²) in [4.78, 5) is 23.5. The van der Waals surface area contributed by atoms with Gasteiger partial charge in [-0.1, -0.05) is 18.2 Å². The van der Waals surface area contributed by atoms with E-state index in [0.717, 1.165) is 6.08 Å². The molecule has 2 aromatic carbocycles. The Labute approximate surface area is 161 Å². The van der Waals surface area contributed by atoms with Gasteiger partial charge in [0.25, 0.3) is 0 Å². The molecule has 7 heteroatoms. The van der Waals surface area contributed by atoms with Crippen molar-refractivity contribution in [3.63, 3.8) is 0 Å². The second kappa shape index (κ2) is 9.94. The second-order valence-electron chi connectivity index (χ2n) is 5.72. The van der Waals surface area contributed by atoms with E-state index in [0.29, 0.717) is 16.7 Å². The van der Waals surface area contributed by atoms with Crippen molar-refractivity contribution in [2.24, 2.45) is 0 Å². The van der Waals surface area contributed by atoms with E-state index < -0.39 is 18.4 Å². The van der Waals surface area contributed by atoms with Crippen molar-refractivity contribution in [2.75, 3.05) is 13.7 Å². The molecule has 2 aromatic rings. The van der Waals surface area contributed by atoms with Crippen LogP contribution in [0.4, 0.5) is 0 Å². The molecule has 146 valence electrons. The lowest BCUT2D eigenvalue weighted by atomic mass is 10.1. The molecule has 0 atom stereocenters. The Morgan fingerprint density at radius 3 is 2.29 bits per heavy atom. The summed E-state index contributed by atoms with van der Waals surface area (Å²) in [6, 6.07) is 9.11. The van der Waals surface area contributed by atoms with Crippen LogP contribution in [0.5, 0.6) is 17.2 Å². The first-order valence-corrected chi connectivity index (χ1v) is 8.28. The lowest BCUT2D eigenvalue weighted by Gasteiger charge is -2.03. The van der Waals surface area contributed by atoms with Gasteiger partial charge in [0.1, 0.15) is 5.75 Å². The number of phenolic OH excluding ortho intramolecular Hbond substituents is 1. The minimum absolute atomic E-state index is 0.00793. The highest BCUT2D eigenvalue weighted by Gasteiger charge is 2.05. The van der Waals surface area contributed by atoms with Gasteiger partial charge in [0.15, 0.2) is 23.9 Å². The molecule has 0 fully saturated rings. The van der Waals surface area contributed by atoms with E-state index in [9.17, 15) is 19.8 Å². The molecule has 0 aliphatic carbocycles. The first kappa shape index (κ1) is 20.7. The number of aliphatic hydroxyl groups excluding tert-OH is 1. The molecule has 0 radical (unpaired) electrons. The molecule has 0 saturated heterocycles. The average molecular weight is 384 g/mol. The maximum absolute atomic E-state index is 11.8. The minimum atomic E-state index is -0.702. The maximum atomic E-state index is 11.8. The fourth-order valence-electron chi connectivity index (χ4n) is 2.23. The third kappa shape index (κ3) is 6.00. The number of rotatable bonds is 8. The summed E-state index contributed by atoms with van der Waals surface area (Å²) in [6.07, 6.45) is 5.37. The number of methoxy groups -OCH3 is 1. The van der Waals surface area contributed by atoms with Gasteiger partial charge >= 0.3 is 5.97 Å². The quantitative estimate of drug-likeness (QED) is 0.473. The monoisotopic (exact) mass is 384 g/mol. The Morgan fingerprint density at radius 1 is 0.964 bits per heavy atom. The van der Waals surface area contributed by atoms with Crippen LogP contribution in [0.25, 0.3) is 12.2 Å². The molecule has 2 rings (SSSR count). The summed E-state index contributed by atoms with van der Waals surface area (Å²) in [7, 11) is 1.42. The Hall–Kier alpha value is -3.58. The fourth-order valence-corrected chi connectivity index (χ4v) is 2.23. The number of carbonyl (C=O) groups excluding carboxylic acids is 2. The van der Waals surface area contributed by atoms with Crippen molar-refractivity contribution in [1.29, 1.82) is 0 Å². The van der Waals surface area contributed by atoms with Gasteiger partial charge in [-0.3, -0.25) is 4.79 Å². The Morgan fingerprint density at radius 2 is 1.61 bits per heavy atom. The molecular weight excluding hydrogens is 364 g/mol. The largest absolute Gasteiger partial charge is 0.508 e. The van der Waals surface area contributed by atoms with Crippen LogP contribution in [-0.2, 0) is 20.9 Å². The van der Waals surface area contributed by atoms with Gasteiger partial charge in [-0.05, 0) is 47.5 Å². The number of ketones is 1. The predicted octanol–water partition coefficient (Wildman–Crippen LogP) is 2.44. The number of hydrogen-bond acceptors (Lipinski definition) is 7. The van der Waals surface area contributed by atoms with E-state index in [2.05, 4.69) is 0 Å². The van der Waals surface area contributed by atoms with Crippen LogP contribution >= 0.6 is 0 Å².